The molecule has 0 N–H and O–H groups in total. The summed E-state index contributed by atoms with van der Waals surface area (Å²) in [7, 11) is 0. The molecule has 0 aliphatic carbocycles. The van der Waals surface area contributed by atoms with Gasteiger partial charge < -0.3 is 14.2 Å². The number of hydrogen-bond donors (Lipinski definition) is 0. The Bertz CT molecular complexity index is 484. The molecule has 108 valence electrons. The molecule has 0 aromatic heterocycles. The summed E-state index contributed by atoms with van der Waals surface area (Å²) in [6.07, 6.45) is 0. The second-order valence-corrected chi connectivity index (χ2v) is 3.68. The Hall–Kier alpha value is -2.17. The van der Waals surface area contributed by atoms with Crippen LogP contribution in [0.4, 0.5) is 5.69 Å². The van der Waals surface area contributed by atoms with Crippen molar-refractivity contribution in [1.29, 1.82) is 5.26 Å². The molecule has 0 fully saturated rings. The van der Waals surface area contributed by atoms with Crippen molar-refractivity contribution in [1.82, 2.24) is 0 Å². The number of ether oxygens (including phenoxy) is 3. The lowest BCUT2D eigenvalue weighted by Gasteiger charge is -2.08. The van der Waals surface area contributed by atoms with Crippen molar-refractivity contribution in [2.45, 2.75) is 6.92 Å². The molecule has 0 amide bonds. The number of rotatable bonds is 9. The van der Waals surface area contributed by atoms with E-state index in [1.165, 1.54) is 18.2 Å². The van der Waals surface area contributed by atoms with Gasteiger partial charge in [0.25, 0.3) is 5.69 Å². The summed E-state index contributed by atoms with van der Waals surface area (Å²) in [6.45, 7) is 4.03. The van der Waals surface area contributed by atoms with Crippen LogP contribution in [0.2, 0.25) is 0 Å². The van der Waals surface area contributed by atoms with E-state index in [-0.39, 0.29) is 23.6 Å². The van der Waals surface area contributed by atoms with Crippen molar-refractivity contribution in [3.63, 3.8) is 0 Å². The van der Waals surface area contributed by atoms with Crippen LogP contribution < -0.4 is 4.74 Å². The quantitative estimate of drug-likeness (QED) is 0.389. The van der Waals surface area contributed by atoms with E-state index in [1.54, 1.807) is 6.07 Å². The van der Waals surface area contributed by atoms with Gasteiger partial charge in [0.2, 0.25) is 0 Å². The Kier molecular flexibility index (Phi) is 7.03. The minimum atomic E-state index is -0.607. The van der Waals surface area contributed by atoms with Crippen LogP contribution in [-0.4, -0.2) is 38.0 Å². The lowest BCUT2D eigenvalue weighted by molar-refractivity contribution is -0.385. The van der Waals surface area contributed by atoms with Gasteiger partial charge in [-0.15, -0.1) is 0 Å². The van der Waals surface area contributed by atoms with E-state index in [9.17, 15) is 10.1 Å². The van der Waals surface area contributed by atoms with E-state index >= 15 is 0 Å². The molecule has 0 aliphatic rings. The van der Waals surface area contributed by atoms with Crippen LogP contribution >= 0.6 is 0 Å². The Morgan fingerprint density at radius 3 is 2.60 bits per heavy atom. The second-order valence-electron chi connectivity index (χ2n) is 3.68. The van der Waals surface area contributed by atoms with Crippen LogP contribution in [0, 0.1) is 21.4 Å². The molecule has 7 nitrogen and oxygen atoms in total. The molecular formula is C13H16N2O5. The molecule has 0 atom stereocenters. The fourth-order valence-electron chi connectivity index (χ4n) is 1.48. The van der Waals surface area contributed by atoms with Gasteiger partial charge in [0, 0.05) is 12.7 Å². The van der Waals surface area contributed by atoms with Gasteiger partial charge in [-0.3, -0.25) is 10.1 Å². The summed E-state index contributed by atoms with van der Waals surface area (Å²) < 4.78 is 15.7. The third-order valence-electron chi connectivity index (χ3n) is 2.37. The Labute approximate surface area is 116 Å². The summed E-state index contributed by atoms with van der Waals surface area (Å²) in [5, 5.41) is 19.7. The average molecular weight is 280 g/mol. The van der Waals surface area contributed by atoms with E-state index in [0.29, 0.717) is 26.4 Å². The monoisotopic (exact) mass is 280 g/mol. The van der Waals surface area contributed by atoms with Gasteiger partial charge in [-0.25, -0.2) is 0 Å². The molecule has 0 radical (unpaired) electrons. The SMILES string of the molecule is CCOCCOCCOc1cccc([N+](=O)[O-])c1C#N. The number of nitrogens with zero attached hydrogens (tertiary/aromatic N) is 2. The van der Waals surface area contributed by atoms with Gasteiger partial charge in [-0.1, -0.05) is 6.07 Å². The van der Waals surface area contributed by atoms with Crippen molar-refractivity contribution in [3.8, 4) is 11.8 Å². The number of nitro benzene ring substituents is 1. The molecule has 20 heavy (non-hydrogen) atoms. The van der Waals surface area contributed by atoms with Gasteiger partial charge >= 0.3 is 0 Å². The molecule has 0 heterocycles. The zero-order chi connectivity index (χ0) is 14.8. The minimum absolute atomic E-state index is 0.0770. The number of benzene rings is 1. The molecule has 0 saturated heterocycles. The zero-order valence-electron chi connectivity index (χ0n) is 11.2. The van der Waals surface area contributed by atoms with Crippen molar-refractivity contribution >= 4 is 5.69 Å². The van der Waals surface area contributed by atoms with Crippen LogP contribution in [0.5, 0.6) is 5.75 Å². The standard InChI is InChI=1S/C13H16N2O5/c1-2-18-6-7-19-8-9-20-13-5-3-4-12(15(16)17)11(13)10-14/h3-5H,2,6-9H2,1H3. The number of nitriles is 1. The topological polar surface area (TPSA) is 94.6 Å². The maximum Gasteiger partial charge on any atom is 0.290 e. The zero-order valence-corrected chi connectivity index (χ0v) is 11.2. The van der Waals surface area contributed by atoms with Crippen LogP contribution in [-0.2, 0) is 9.47 Å². The highest BCUT2D eigenvalue weighted by atomic mass is 16.6. The first-order valence-corrected chi connectivity index (χ1v) is 6.16. The maximum atomic E-state index is 10.8. The van der Waals surface area contributed by atoms with Crippen LogP contribution in [0.1, 0.15) is 12.5 Å². The van der Waals surface area contributed by atoms with Gasteiger partial charge in [-0.2, -0.15) is 5.26 Å². The second kappa shape index (κ2) is 8.85. The van der Waals surface area contributed by atoms with E-state index in [1.807, 2.05) is 6.92 Å². The molecule has 0 unspecified atom stereocenters. The maximum absolute atomic E-state index is 10.8. The van der Waals surface area contributed by atoms with Crippen LogP contribution in [0.3, 0.4) is 0 Å². The fourth-order valence-corrected chi connectivity index (χ4v) is 1.48. The highest BCUT2D eigenvalue weighted by Crippen LogP contribution is 2.27. The Morgan fingerprint density at radius 1 is 1.25 bits per heavy atom. The highest BCUT2D eigenvalue weighted by molar-refractivity contribution is 5.56. The predicted octanol–water partition coefficient (Wildman–Crippen LogP) is 1.90. The summed E-state index contributed by atoms with van der Waals surface area (Å²) >= 11 is 0. The lowest BCUT2D eigenvalue weighted by Crippen LogP contribution is -2.11. The Morgan fingerprint density at radius 2 is 1.95 bits per heavy atom. The Balaban J connectivity index is 2.46. The number of hydrogen-bond acceptors (Lipinski definition) is 6. The normalized spacial score (nSPS) is 10.0. The molecule has 0 aliphatic heterocycles. The highest BCUT2D eigenvalue weighted by Gasteiger charge is 2.17. The van der Waals surface area contributed by atoms with Gasteiger partial charge in [0.15, 0.2) is 5.56 Å². The van der Waals surface area contributed by atoms with E-state index in [0.717, 1.165) is 0 Å². The van der Waals surface area contributed by atoms with Gasteiger partial charge in [-0.05, 0) is 13.0 Å². The molecule has 1 aromatic carbocycles. The average Bonchev–Trinajstić information content (AvgIpc) is 2.45. The van der Waals surface area contributed by atoms with Gasteiger partial charge in [0.05, 0.1) is 24.7 Å². The van der Waals surface area contributed by atoms with E-state index < -0.39 is 4.92 Å². The molecule has 0 bridgehead atoms. The molecule has 0 spiro atoms. The summed E-state index contributed by atoms with van der Waals surface area (Å²) in [5.41, 5.74) is -0.339. The van der Waals surface area contributed by atoms with Crippen molar-refractivity contribution in [2.24, 2.45) is 0 Å². The molecule has 0 saturated carbocycles. The third-order valence-corrected chi connectivity index (χ3v) is 2.37. The molecular weight excluding hydrogens is 264 g/mol. The van der Waals surface area contributed by atoms with Crippen molar-refractivity contribution in [3.05, 3.63) is 33.9 Å². The molecule has 1 aromatic rings. The first kappa shape index (κ1) is 15.9. The molecule has 7 heteroatoms. The lowest BCUT2D eigenvalue weighted by atomic mass is 10.2. The predicted molar refractivity (Wildman–Crippen MR) is 70.6 cm³/mol. The molecule has 1 rings (SSSR count). The first-order valence-electron chi connectivity index (χ1n) is 6.16. The largest absolute Gasteiger partial charge is 0.490 e. The summed E-state index contributed by atoms with van der Waals surface area (Å²) in [4.78, 5) is 10.2. The van der Waals surface area contributed by atoms with Crippen molar-refractivity contribution in [2.75, 3.05) is 33.0 Å². The van der Waals surface area contributed by atoms with Crippen LogP contribution in [0.25, 0.3) is 0 Å². The first-order chi connectivity index (χ1) is 9.70. The summed E-state index contributed by atoms with van der Waals surface area (Å²) in [6, 6.07) is 6.05. The fraction of sp³-hybridized carbons (Fsp3) is 0.462. The minimum Gasteiger partial charge on any atom is -0.490 e. The van der Waals surface area contributed by atoms with Crippen molar-refractivity contribution < 1.29 is 19.1 Å². The van der Waals surface area contributed by atoms with Gasteiger partial charge in [0.1, 0.15) is 18.4 Å². The number of nitro groups is 1. The van der Waals surface area contributed by atoms with Crippen LogP contribution in [0.15, 0.2) is 18.2 Å². The van der Waals surface area contributed by atoms with E-state index in [4.69, 9.17) is 19.5 Å². The summed E-state index contributed by atoms with van der Waals surface area (Å²) in [5.74, 6) is 0.190. The smallest absolute Gasteiger partial charge is 0.290 e. The third kappa shape index (κ3) is 4.84. The van der Waals surface area contributed by atoms with E-state index in [2.05, 4.69) is 0 Å².